The Kier molecular flexibility index (Phi) is 2.28. The molecule has 3 nitrogen and oxygen atoms in total. The van der Waals surface area contributed by atoms with Crippen LogP contribution in [-0.4, -0.2) is 28.2 Å². The van der Waals surface area contributed by atoms with Gasteiger partial charge >= 0.3 is 5.97 Å². The quantitative estimate of drug-likeness (QED) is 0.596. The van der Waals surface area contributed by atoms with Crippen molar-refractivity contribution in [2.24, 2.45) is 11.8 Å². The molecule has 0 spiro atoms. The highest BCUT2D eigenvalue weighted by molar-refractivity contribution is 6.26. The number of esters is 1. The summed E-state index contributed by atoms with van der Waals surface area (Å²) in [4.78, 5) is 11.4. The van der Waals surface area contributed by atoms with Gasteiger partial charge in [0.05, 0.1) is 5.60 Å². The molecule has 90 valence electrons. The van der Waals surface area contributed by atoms with Gasteiger partial charge in [-0.2, -0.15) is 0 Å². The van der Waals surface area contributed by atoms with E-state index >= 15 is 0 Å². The largest absolute Gasteiger partial charge is 0.458 e. The standard InChI is InChI=1S/C12H17ClO3/c13-6-10(14)16-12-4-8-1-9(5-12)3-11(15,2-8)7-12/h8-9,15H,1-7H2. The molecular weight excluding hydrogens is 228 g/mol. The van der Waals surface area contributed by atoms with Crippen molar-refractivity contribution in [2.45, 2.75) is 49.7 Å². The molecule has 4 bridgehead atoms. The van der Waals surface area contributed by atoms with E-state index in [2.05, 4.69) is 0 Å². The molecule has 4 aliphatic carbocycles. The first-order valence-corrected chi connectivity index (χ1v) is 6.56. The summed E-state index contributed by atoms with van der Waals surface area (Å²) in [7, 11) is 0. The number of carbonyl (C=O) groups excluding carboxylic acids is 1. The number of rotatable bonds is 2. The van der Waals surface area contributed by atoms with E-state index in [1.165, 1.54) is 6.42 Å². The maximum absolute atomic E-state index is 11.4. The molecule has 0 radical (unpaired) electrons. The van der Waals surface area contributed by atoms with Crippen LogP contribution in [0.5, 0.6) is 0 Å². The second-order valence-corrected chi connectivity index (χ2v) is 6.24. The summed E-state index contributed by atoms with van der Waals surface area (Å²) >= 11 is 5.49. The van der Waals surface area contributed by atoms with Crippen molar-refractivity contribution in [3.63, 3.8) is 0 Å². The third-order valence-electron chi connectivity index (χ3n) is 4.42. The van der Waals surface area contributed by atoms with E-state index < -0.39 is 11.2 Å². The van der Waals surface area contributed by atoms with Crippen molar-refractivity contribution in [3.8, 4) is 0 Å². The average Bonchev–Trinajstić information content (AvgIpc) is 2.12. The monoisotopic (exact) mass is 244 g/mol. The Balaban J connectivity index is 1.83. The Bertz CT molecular complexity index is 314. The van der Waals surface area contributed by atoms with E-state index in [0.29, 0.717) is 18.3 Å². The molecule has 0 aromatic heterocycles. The Labute approximate surface area is 100 Å². The molecule has 16 heavy (non-hydrogen) atoms. The molecule has 0 saturated heterocycles. The lowest BCUT2D eigenvalue weighted by atomic mass is 9.52. The van der Waals surface area contributed by atoms with Crippen LogP contribution in [0.2, 0.25) is 0 Å². The zero-order chi connectivity index (χ0) is 11.4. The molecule has 4 fully saturated rings. The summed E-state index contributed by atoms with van der Waals surface area (Å²) in [6, 6.07) is 0. The van der Waals surface area contributed by atoms with Crippen LogP contribution in [0.1, 0.15) is 38.5 Å². The van der Waals surface area contributed by atoms with E-state index in [4.69, 9.17) is 16.3 Å². The second kappa shape index (κ2) is 3.36. The van der Waals surface area contributed by atoms with Gasteiger partial charge in [0.15, 0.2) is 0 Å². The average molecular weight is 245 g/mol. The van der Waals surface area contributed by atoms with Crippen LogP contribution >= 0.6 is 11.6 Å². The zero-order valence-corrected chi connectivity index (χ0v) is 10.0. The van der Waals surface area contributed by atoms with Gasteiger partial charge in [-0.05, 0) is 43.9 Å². The molecule has 2 unspecified atom stereocenters. The Hall–Kier alpha value is -0.280. The van der Waals surface area contributed by atoms with E-state index in [1.54, 1.807) is 0 Å². The highest BCUT2D eigenvalue weighted by Crippen LogP contribution is 2.58. The molecule has 2 atom stereocenters. The van der Waals surface area contributed by atoms with Gasteiger partial charge in [0.1, 0.15) is 11.5 Å². The zero-order valence-electron chi connectivity index (χ0n) is 9.25. The van der Waals surface area contributed by atoms with Gasteiger partial charge in [-0.1, -0.05) is 0 Å². The fourth-order valence-electron chi connectivity index (χ4n) is 4.52. The minimum atomic E-state index is -0.573. The molecule has 0 heterocycles. The normalized spacial score (nSPS) is 49.4. The van der Waals surface area contributed by atoms with Crippen molar-refractivity contribution in [2.75, 3.05) is 5.88 Å². The van der Waals surface area contributed by atoms with E-state index in [-0.39, 0.29) is 11.8 Å². The maximum Gasteiger partial charge on any atom is 0.321 e. The van der Waals surface area contributed by atoms with Crippen LogP contribution in [0, 0.1) is 11.8 Å². The number of hydrogen-bond acceptors (Lipinski definition) is 3. The molecule has 0 aromatic carbocycles. The summed E-state index contributed by atoms with van der Waals surface area (Å²) in [6.45, 7) is 0. The first-order valence-electron chi connectivity index (χ1n) is 6.03. The maximum atomic E-state index is 11.4. The predicted molar refractivity (Wildman–Crippen MR) is 59.2 cm³/mol. The number of aliphatic hydroxyl groups is 1. The number of alkyl halides is 1. The van der Waals surface area contributed by atoms with Crippen LogP contribution in [-0.2, 0) is 9.53 Å². The van der Waals surface area contributed by atoms with Gasteiger partial charge in [0.2, 0.25) is 0 Å². The number of hydrogen-bond donors (Lipinski definition) is 1. The molecule has 4 saturated carbocycles. The van der Waals surface area contributed by atoms with Gasteiger partial charge in [0, 0.05) is 6.42 Å². The van der Waals surface area contributed by atoms with Crippen molar-refractivity contribution >= 4 is 17.6 Å². The molecule has 4 heteroatoms. The second-order valence-electron chi connectivity index (χ2n) is 5.98. The van der Waals surface area contributed by atoms with Crippen LogP contribution in [0.25, 0.3) is 0 Å². The van der Waals surface area contributed by atoms with Crippen molar-refractivity contribution in [1.82, 2.24) is 0 Å². The summed E-state index contributed by atoms with van der Waals surface area (Å²) in [5.41, 5.74) is -0.971. The van der Waals surface area contributed by atoms with Gasteiger partial charge in [-0.25, -0.2) is 0 Å². The Morgan fingerprint density at radius 2 is 1.94 bits per heavy atom. The van der Waals surface area contributed by atoms with Crippen molar-refractivity contribution in [3.05, 3.63) is 0 Å². The summed E-state index contributed by atoms with van der Waals surface area (Å²) in [5.74, 6) is 0.645. The van der Waals surface area contributed by atoms with Gasteiger partial charge in [0.25, 0.3) is 0 Å². The molecule has 0 amide bonds. The van der Waals surface area contributed by atoms with E-state index in [0.717, 1.165) is 25.7 Å². The van der Waals surface area contributed by atoms with Crippen molar-refractivity contribution in [1.29, 1.82) is 0 Å². The number of carbonyl (C=O) groups is 1. The van der Waals surface area contributed by atoms with Gasteiger partial charge < -0.3 is 9.84 Å². The fraction of sp³-hybridized carbons (Fsp3) is 0.917. The first kappa shape index (κ1) is 10.8. The van der Waals surface area contributed by atoms with E-state index in [1.807, 2.05) is 0 Å². The third kappa shape index (κ3) is 1.65. The summed E-state index contributed by atoms with van der Waals surface area (Å²) in [6.07, 6.45) is 5.45. The highest BCUT2D eigenvalue weighted by atomic mass is 35.5. The molecule has 0 aliphatic heterocycles. The summed E-state index contributed by atoms with van der Waals surface area (Å²) in [5, 5.41) is 10.4. The molecule has 4 rings (SSSR count). The predicted octanol–water partition coefficient (Wildman–Crippen LogP) is 1.85. The Morgan fingerprint density at radius 1 is 1.31 bits per heavy atom. The van der Waals surface area contributed by atoms with Crippen molar-refractivity contribution < 1.29 is 14.6 Å². The first-order chi connectivity index (χ1) is 7.53. The molecule has 1 N–H and O–H groups in total. The topological polar surface area (TPSA) is 46.5 Å². The molecular formula is C12H17ClO3. The lowest BCUT2D eigenvalue weighted by Crippen LogP contribution is -2.60. The van der Waals surface area contributed by atoms with Gasteiger partial charge in [-0.15, -0.1) is 11.6 Å². The lowest BCUT2D eigenvalue weighted by molar-refractivity contribution is -0.218. The minimum absolute atomic E-state index is 0.0878. The fourth-order valence-corrected chi connectivity index (χ4v) is 4.57. The van der Waals surface area contributed by atoms with Gasteiger partial charge in [-0.3, -0.25) is 4.79 Å². The Morgan fingerprint density at radius 3 is 2.44 bits per heavy atom. The molecule has 4 aliphatic rings. The number of halogens is 1. The van der Waals surface area contributed by atoms with Crippen LogP contribution in [0.4, 0.5) is 0 Å². The smallest absolute Gasteiger partial charge is 0.321 e. The minimum Gasteiger partial charge on any atom is -0.458 e. The van der Waals surface area contributed by atoms with Crippen LogP contribution < -0.4 is 0 Å². The lowest BCUT2D eigenvalue weighted by Gasteiger charge is -2.59. The molecule has 0 aromatic rings. The van der Waals surface area contributed by atoms with Crippen LogP contribution in [0.3, 0.4) is 0 Å². The summed E-state index contributed by atoms with van der Waals surface area (Å²) < 4.78 is 5.53. The third-order valence-corrected chi connectivity index (χ3v) is 4.63. The highest BCUT2D eigenvalue weighted by Gasteiger charge is 2.59. The van der Waals surface area contributed by atoms with Crippen LogP contribution in [0.15, 0.2) is 0 Å². The SMILES string of the molecule is O=C(CCl)OC12CC3CC(CC(O)(C3)C1)C2. The number of ether oxygens (including phenoxy) is 1. The van der Waals surface area contributed by atoms with E-state index in [9.17, 15) is 9.90 Å².